The third-order valence-electron chi connectivity index (χ3n) is 1.90. The Kier molecular flexibility index (Phi) is 4.80. The number of amides is 1. The number of benzene rings is 1. The minimum Gasteiger partial charge on any atom is -0.375 e. The SMILES string of the molecule is N#CCNC(=O)CNc1cc(C#N)ccc1Cl. The quantitative estimate of drug-likeness (QED) is 0.785. The highest BCUT2D eigenvalue weighted by Gasteiger charge is 2.04. The van der Waals surface area contributed by atoms with Crippen LogP contribution in [0.4, 0.5) is 5.69 Å². The van der Waals surface area contributed by atoms with E-state index in [9.17, 15) is 4.79 Å². The van der Waals surface area contributed by atoms with Crippen LogP contribution in [0.2, 0.25) is 5.02 Å². The molecular weight excluding hydrogens is 240 g/mol. The lowest BCUT2D eigenvalue weighted by atomic mass is 10.2. The van der Waals surface area contributed by atoms with Gasteiger partial charge in [-0.3, -0.25) is 4.79 Å². The largest absolute Gasteiger partial charge is 0.375 e. The van der Waals surface area contributed by atoms with Crippen molar-refractivity contribution in [1.29, 1.82) is 10.5 Å². The molecule has 2 N–H and O–H groups in total. The van der Waals surface area contributed by atoms with E-state index in [0.717, 1.165) is 0 Å². The number of hydrogen-bond donors (Lipinski definition) is 2. The average Bonchev–Trinajstić information content (AvgIpc) is 2.35. The van der Waals surface area contributed by atoms with E-state index in [-0.39, 0.29) is 19.0 Å². The van der Waals surface area contributed by atoms with E-state index < -0.39 is 0 Å². The smallest absolute Gasteiger partial charge is 0.240 e. The van der Waals surface area contributed by atoms with Crippen molar-refractivity contribution >= 4 is 23.2 Å². The summed E-state index contributed by atoms with van der Waals surface area (Å²) in [6.07, 6.45) is 0. The second kappa shape index (κ2) is 6.37. The monoisotopic (exact) mass is 248 g/mol. The van der Waals surface area contributed by atoms with Gasteiger partial charge in [0.05, 0.1) is 35.0 Å². The van der Waals surface area contributed by atoms with Crippen molar-refractivity contribution in [2.75, 3.05) is 18.4 Å². The fraction of sp³-hybridized carbons (Fsp3) is 0.182. The Morgan fingerprint density at radius 3 is 2.82 bits per heavy atom. The Bertz CT molecular complexity index is 501. The van der Waals surface area contributed by atoms with Crippen LogP contribution in [0.1, 0.15) is 5.56 Å². The van der Waals surface area contributed by atoms with Crippen LogP contribution in [-0.4, -0.2) is 19.0 Å². The molecule has 0 heterocycles. The van der Waals surface area contributed by atoms with Crippen LogP contribution in [0, 0.1) is 22.7 Å². The van der Waals surface area contributed by atoms with Gasteiger partial charge in [-0.1, -0.05) is 11.6 Å². The third kappa shape index (κ3) is 4.02. The van der Waals surface area contributed by atoms with E-state index in [4.69, 9.17) is 22.1 Å². The van der Waals surface area contributed by atoms with Gasteiger partial charge < -0.3 is 10.6 Å². The normalized spacial score (nSPS) is 8.88. The van der Waals surface area contributed by atoms with Crippen LogP contribution in [0.25, 0.3) is 0 Å². The van der Waals surface area contributed by atoms with Crippen molar-refractivity contribution in [2.24, 2.45) is 0 Å². The molecule has 0 atom stereocenters. The van der Waals surface area contributed by atoms with Gasteiger partial charge in [0, 0.05) is 0 Å². The predicted molar refractivity (Wildman–Crippen MR) is 63.3 cm³/mol. The number of nitriles is 2. The van der Waals surface area contributed by atoms with Gasteiger partial charge in [0.25, 0.3) is 0 Å². The van der Waals surface area contributed by atoms with Gasteiger partial charge >= 0.3 is 0 Å². The number of nitrogens with one attached hydrogen (secondary N) is 2. The minimum absolute atomic E-state index is 0.00369. The van der Waals surface area contributed by atoms with E-state index in [1.165, 1.54) is 0 Å². The van der Waals surface area contributed by atoms with Gasteiger partial charge in [-0.25, -0.2) is 0 Å². The molecule has 0 spiro atoms. The summed E-state index contributed by atoms with van der Waals surface area (Å²) in [4.78, 5) is 11.2. The summed E-state index contributed by atoms with van der Waals surface area (Å²) >= 11 is 5.89. The lowest BCUT2D eigenvalue weighted by Gasteiger charge is -2.07. The summed E-state index contributed by atoms with van der Waals surface area (Å²) in [5.41, 5.74) is 0.965. The van der Waals surface area contributed by atoms with Crippen LogP contribution in [0.5, 0.6) is 0 Å². The fourth-order valence-corrected chi connectivity index (χ4v) is 1.29. The summed E-state index contributed by atoms with van der Waals surface area (Å²) in [5, 5.41) is 22.6. The maximum absolute atomic E-state index is 11.2. The molecule has 86 valence electrons. The van der Waals surface area contributed by atoms with Crippen molar-refractivity contribution in [2.45, 2.75) is 0 Å². The van der Waals surface area contributed by atoms with Gasteiger partial charge in [-0.2, -0.15) is 10.5 Å². The Labute approximate surface area is 104 Å². The molecule has 0 aliphatic carbocycles. The van der Waals surface area contributed by atoms with E-state index in [1.807, 2.05) is 6.07 Å². The summed E-state index contributed by atoms with van der Waals surface area (Å²) in [7, 11) is 0. The van der Waals surface area contributed by atoms with Gasteiger partial charge in [0.2, 0.25) is 5.91 Å². The maximum Gasteiger partial charge on any atom is 0.240 e. The van der Waals surface area contributed by atoms with Crippen molar-refractivity contribution < 1.29 is 4.79 Å². The van der Waals surface area contributed by atoms with Crippen LogP contribution in [0.15, 0.2) is 18.2 Å². The second-order valence-electron chi connectivity index (χ2n) is 3.09. The molecule has 1 aromatic rings. The predicted octanol–water partition coefficient (Wildman–Crippen LogP) is 1.26. The molecule has 0 fully saturated rings. The van der Waals surface area contributed by atoms with Gasteiger partial charge in [-0.05, 0) is 18.2 Å². The lowest BCUT2D eigenvalue weighted by Crippen LogP contribution is -2.30. The average molecular weight is 249 g/mol. The molecule has 0 radical (unpaired) electrons. The molecule has 6 heteroatoms. The molecular formula is C11H9ClN4O. The highest BCUT2D eigenvalue weighted by Crippen LogP contribution is 2.22. The number of halogens is 1. The van der Waals surface area contributed by atoms with Crippen LogP contribution in [-0.2, 0) is 4.79 Å². The van der Waals surface area contributed by atoms with Gasteiger partial charge in [0.1, 0.15) is 6.54 Å². The number of carbonyl (C=O) groups is 1. The van der Waals surface area contributed by atoms with Crippen LogP contribution >= 0.6 is 11.6 Å². The van der Waals surface area contributed by atoms with Crippen molar-refractivity contribution in [3.63, 3.8) is 0 Å². The second-order valence-corrected chi connectivity index (χ2v) is 3.50. The van der Waals surface area contributed by atoms with Crippen molar-refractivity contribution in [3.8, 4) is 12.1 Å². The number of carbonyl (C=O) groups excluding carboxylic acids is 1. The minimum atomic E-state index is -0.315. The molecule has 0 aliphatic rings. The van der Waals surface area contributed by atoms with Gasteiger partial charge in [-0.15, -0.1) is 0 Å². The Hall–Kier alpha value is -2.24. The van der Waals surface area contributed by atoms with Crippen LogP contribution < -0.4 is 10.6 Å². The number of nitrogens with zero attached hydrogens (tertiary/aromatic N) is 2. The zero-order valence-corrected chi connectivity index (χ0v) is 9.58. The molecule has 5 nitrogen and oxygen atoms in total. The van der Waals surface area contributed by atoms with Crippen molar-refractivity contribution in [1.82, 2.24) is 5.32 Å². The highest BCUT2D eigenvalue weighted by atomic mass is 35.5. The first-order valence-corrected chi connectivity index (χ1v) is 5.12. The molecule has 0 bridgehead atoms. The van der Waals surface area contributed by atoms with E-state index in [0.29, 0.717) is 16.3 Å². The Balaban J connectivity index is 2.60. The molecule has 0 saturated heterocycles. The van der Waals surface area contributed by atoms with E-state index in [1.54, 1.807) is 24.3 Å². The molecule has 0 saturated carbocycles. The lowest BCUT2D eigenvalue weighted by molar-refractivity contribution is -0.119. The highest BCUT2D eigenvalue weighted by molar-refractivity contribution is 6.33. The van der Waals surface area contributed by atoms with E-state index in [2.05, 4.69) is 10.6 Å². The first kappa shape index (κ1) is 12.8. The fourth-order valence-electron chi connectivity index (χ4n) is 1.11. The zero-order chi connectivity index (χ0) is 12.7. The number of hydrogen-bond acceptors (Lipinski definition) is 4. The Morgan fingerprint density at radius 2 is 2.18 bits per heavy atom. The third-order valence-corrected chi connectivity index (χ3v) is 2.23. The first-order chi connectivity index (χ1) is 8.17. The summed E-state index contributed by atoms with van der Waals surface area (Å²) in [6.45, 7) is -0.0389. The maximum atomic E-state index is 11.2. The molecule has 17 heavy (non-hydrogen) atoms. The molecule has 1 amide bonds. The molecule has 1 rings (SSSR count). The number of rotatable bonds is 4. The molecule has 0 unspecified atom stereocenters. The van der Waals surface area contributed by atoms with E-state index >= 15 is 0 Å². The molecule has 1 aromatic carbocycles. The first-order valence-electron chi connectivity index (χ1n) is 4.74. The number of anilines is 1. The standard InChI is InChI=1S/C11H9ClN4O/c12-9-2-1-8(6-14)5-10(9)16-7-11(17)15-4-3-13/h1-2,5,16H,4,7H2,(H,15,17). The van der Waals surface area contributed by atoms with Crippen molar-refractivity contribution in [3.05, 3.63) is 28.8 Å². The summed E-state index contributed by atoms with van der Waals surface area (Å²) in [5.74, 6) is -0.315. The van der Waals surface area contributed by atoms with Gasteiger partial charge in [0.15, 0.2) is 0 Å². The summed E-state index contributed by atoms with van der Waals surface area (Å²) in [6, 6.07) is 8.49. The van der Waals surface area contributed by atoms with Crippen LogP contribution in [0.3, 0.4) is 0 Å². The molecule has 0 aliphatic heterocycles. The topological polar surface area (TPSA) is 88.7 Å². The Morgan fingerprint density at radius 1 is 1.41 bits per heavy atom. The zero-order valence-electron chi connectivity index (χ0n) is 8.83. The summed E-state index contributed by atoms with van der Waals surface area (Å²) < 4.78 is 0. The molecule has 0 aromatic heterocycles.